The summed E-state index contributed by atoms with van der Waals surface area (Å²) in [5, 5.41) is 6.62. The van der Waals surface area contributed by atoms with Gasteiger partial charge in [0.15, 0.2) is 0 Å². The molecule has 2 saturated carbocycles. The standard InChI is InChI=1S/C16H28N2O/c19-16(15-14-8-4-7-13(14)11-18-15)17-10-9-12-5-2-1-3-6-12/h12-15,18H,1-11H2,(H,17,19). The van der Waals surface area contributed by atoms with E-state index < -0.39 is 0 Å². The van der Waals surface area contributed by atoms with Crippen molar-refractivity contribution in [2.24, 2.45) is 17.8 Å². The van der Waals surface area contributed by atoms with Crippen LogP contribution in [0.5, 0.6) is 0 Å². The number of nitrogens with one attached hydrogen (secondary N) is 2. The molecule has 1 heterocycles. The van der Waals surface area contributed by atoms with Crippen molar-refractivity contribution in [2.75, 3.05) is 13.1 Å². The molecule has 3 atom stereocenters. The molecular weight excluding hydrogens is 236 g/mol. The highest BCUT2D eigenvalue weighted by atomic mass is 16.2. The Morgan fingerprint density at radius 1 is 1.05 bits per heavy atom. The predicted octanol–water partition coefficient (Wildman–Crippen LogP) is 2.46. The molecule has 3 fully saturated rings. The minimum absolute atomic E-state index is 0.110. The van der Waals surface area contributed by atoms with Crippen LogP contribution in [0.15, 0.2) is 0 Å². The topological polar surface area (TPSA) is 41.1 Å². The van der Waals surface area contributed by atoms with Crippen LogP contribution >= 0.6 is 0 Å². The van der Waals surface area contributed by atoms with E-state index in [1.807, 2.05) is 0 Å². The SMILES string of the molecule is O=C(NCCC1CCCCC1)C1NCC2CCCC21. The van der Waals surface area contributed by atoms with Crippen LogP contribution in [0.3, 0.4) is 0 Å². The fourth-order valence-corrected chi connectivity index (χ4v) is 4.46. The molecular formula is C16H28N2O. The zero-order valence-corrected chi connectivity index (χ0v) is 12.0. The maximum Gasteiger partial charge on any atom is 0.237 e. The lowest BCUT2D eigenvalue weighted by molar-refractivity contribution is -0.123. The van der Waals surface area contributed by atoms with Crippen LogP contribution in [0.4, 0.5) is 0 Å². The van der Waals surface area contributed by atoms with E-state index in [9.17, 15) is 4.79 Å². The molecule has 3 unspecified atom stereocenters. The summed E-state index contributed by atoms with van der Waals surface area (Å²) in [5.74, 6) is 2.53. The zero-order chi connectivity index (χ0) is 13.1. The van der Waals surface area contributed by atoms with Crippen molar-refractivity contribution in [3.8, 4) is 0 Å². The molecule has 2 N–H and O–H groups in total. The Hall–Kier alpha value is -0.570. The van der Waals surface area contributed by atoms with Gasteiger partial charge in [-0.05, 0) is 43.6 Å². The number of hydrogen-bond donors (Lipinski definition) is 2. The predicted molar refractivity (Wildman–Crippen MR) is 76.8 cm³/mol. The molecule has 0 aromatic rings. The highest BCUT2D eigenvalue weighted by Gasteiger charge is 2.42. The van der Waals surface area contributed by atoms with Crippen LogP contribution < -0.4 is 10.6 Å². The molecule has 0 spiro atoms. The Balaban J connectivity index is 1.39. The second-order valence-corrected chi connectivity index (χ2v) is 6.82. The molecule has 3 aliphatic rings. The number of carbonyl (C=O) groups is 1. The molecule has 1 aliphatic heterocycles. The number of hydrogen-bond acceptors (Lipinski definition) is 2. The van der Waals surface area contributed by atoms with Crippen molar-refractivity contribution in [1.29, 1.82) is 0 Å². The number of fused-ring (bicyclic) bond motifs is 1. The third-order valence-electron chi connectivity index (χ3n) is 5.61. The maximum absolute atomic E-state index is 12.3. The maximum atomic E-state index is 12.3. The summed E-state index contributed by atoms with van der Waals surface area (Å²) in [6.07, 6.45) is 12.0. The molecule has 0 aromatic heterocycles. The van der Waals surface area contributed by atoms with Gasteiger partial charge in [0, 0.05) is 6.54 Å². The number of amides is 1. The van der Waals surface area contributed by atoms with Crippen molar-refractivity contribution in [3.05, 3.63) is 0 Å². The third kappa shape index (κ3) is 3.13. The molecule has 3 rings (SSSR count). The van der Waals surface area contributed by atoms with Gasteiger partial charge in [0.25, 0.3) is 0 Å². The first-order valence-corrected chi connectivity index (χ1v) is 8.35. The van der Waals surface area contributed by atoms with Gasteiger partial charge in [-0.25, -0.2) is 0 Å². The first-order chi connectivity index (χ1) is 9.34. The van der Waals surface area contributed by atoms with Crippen LogP contribution in [0, 0.1) is 17.8 Å². The van der Waals surface area contributed by atoms with E-state index in [0.29, 0.717) is 5.92 Å². The second-order valence-electron chi connectivity index (χ2n) is 6.82. The van der Waals surface area contributed by atoms with Gasteiger partial charge < -0.3 is 10.6 Å². The van der Waals surface area contributed by atoms with E-state index in [1.165, 1.54) is 57.8 Å². The minimum atomic E-state index is 0.110. The molecule has 0 bridgehead atoms. The molecule has 3 nitrogen and oxygen atoms in total. The third-order valence-corrected chi connectivity index (χ3v) is 5.61. The van der Waals surface area contributed by atoms with Crippen molar-refractivity contribution >= 4 is 5.91 Å². The van der Waals surface area contributed by atoms with Gasteiger partial charge >= 0.3 is 0 Å². The van der Waals surface area contributed by atoms with Crippen molar-refractivity contribution in [3.63, 3.8) is 0 Å². The molecule has 1 saturated heterocycles. The first-order valence-electron chi connectivity index (χ1n) is 8.35. The monoisotopic (exact) mass is 264 g/mol. The summed E-state index contributed by atoms with van der Waals surface area (Å²) < 4.78 is 0. The normalized spacial score (nSPS) is 35.3. The Morgan fingerprint density at radius 2 is 1.89 bits per heavy atom. The van der Waals surface area contributed by atoms with E-state index in [2.05, 4.69) is 10.6 Å². The van der Waals surface area contributed by atoms with Gasteiger partial charge in [0.05, 0.1) is 6.04 Å². The van der Waals surface area contributed by atoms with Gasteiger partial charge in [-0.1, -0.05) is 38.5 Å². The van der Waals surface area contributed by atoms with E-state index in [4.69, 9.17) is 0 Å². The van der Waals surface area contributed by atoms with E-state index in [0.717, 1.165) is 24.9 Å². The number of rotatable bonds is 4. The molecule has 108 valence electrons. The Kier molecular flexibility index (Phi) is 4.42. The van der Waals surface area contributed by atoms with Crippen molar-refractivity contribution < 1.29 is 4.79 Å². The molecule has 2 aliphatic carbocycles. The van der Waals surface area contributed by atoms with Crippen molar-refractivity contribution in [1.82, 2.24) is 10.6 Å². The van der Waals surface area contributed by atoms with E-state index in [1.54, 1.807) is 0 Å². The van der Waals surface area contributed by atoms with Crippen LogP contribution in [-0.4, -0.2) is 25.0 Å². The lowest BCUT2D eigenvalue weighted by Gasteiger charge is -2.22. The largest absolute Gasteiger partial charge is 0.355 e. The van der Waals surface area contributed by atoms with Crippen LogP contribution in [0.1, 0.15) is 57.8 Å². The summed E-state index contributed by atoms with van der Waals surface area (Å²) >= 11 is 0. The highest BCUT2D eigenvalue weighted by Crippen LogP contribution is 2.37. The summed E-state index contributed by atoms with van der Waals surface area (Å²) in [6.45, 7) is 1.95. The fourth-order valence-electron chi connectivity index (χ4n) is 4.46. The van der Waals surface area contributed by atoms with E-state index in [-0.39, 0.29) is 11.9 Å². The quantitative estimate of drug-likeness (QED) is 0.819. The zero-order valence-electron chi connectivity index (χ0n) is 12.0. The minimum Gasteiger partial charge on any atom is -0.355 e. The average Bonchev–Trinajstić information content (AvgIpc) is 3.02. The Bertz CT molecular complexity index is 312. The fraction of sp³-hybridized carbons (Fsp3) is 0.938. The smallest absolute Gasteiger partial charge is 0.237 e. The summed E-state index contributed by atoms with van der Waals surface area (Å²) in [6, 6.07) is 0.110. The van der Waals surface area contributed by atoms with Crippen LogP contribution in [0.25, 0.3) is 0 Å². The van der Waals surface area contributed by atoms with Gasteiger partial charge in [-0.2, -0.15) is 0 Å². The van der Waals surface area contributed by atoms with Gasteiger partial charge in [-0.15, -0.1) is 0 Å². The molecule has 0 radical (unpaired) electrons. The van der Waals surface area contributed by atoms with Gasteiger partial charge in [-0.3, -0.25) is 4.79 Å². The Labute approximate surface area is 116 Å². The van der Waals surface area contributed by atoms with Crippen molar-refractivity contribution in [2.45, 2.75) is 63.8 Å². The first kappa shape index (κ1) is 13.4. The van der Waals surface area contributed by atoms with Crippen LogP contribution in [-0.2, 0) is 4.79 Å². The molecule has 3 heteroatoms. The lowest BCUT2D eigenvalue weighted by Crippen LogP contribution is -2.44. The van der Waals surface area contributed by atoms with Gasteiger partial charge in [0.2, 0.25) is 5.91 Å². The molecule has 0 aromatic carbocycles. The molecule has 1 amide bonds. The van der Waals surface area contributed by atoms with Crippen LogP contribution in [0.2, 0.25) is 0 Å². The van der Waals surface area contributed by atoms with Gasteiger partial charge in [0.1, 0.15) is 0 Å². The summed E-state index contributed by atoms with van der Waals surface area (Å²) in [5.41, 5.74) is 0. The summed E-state index contributed by atoms with van der Waals surface area (Å²) in [4.78, 5) is 12.3. The van der Waals surface area contributed by atoms with E-state index >= 15 is 0 Å². The number of carbonyl (C=O) groups excluding carboxylic acids is 1. The highest BCUT2D eigenvalue weighted by molar-refractivity contribution is 5.82. The lowest BCUT2D eigenvalue weighted by atomic mass is 9.87. The molecule has 19 heavy (non-hydrogen) atoms. The summed E-state index contributed by atoms with van der Waals surface area (Å²) in [7, 11) is 0. The second kappa shape index (κ2) is 6.25. The Morgan fingerprint density at radius 3 is 2.74 bits per heavy atom. The average molecular weight is 264 g/mol.